The molecule has 2 nitrogen and oxygen atoms in total. The number of amides is 1. The summed E-state index contributed by atoms with van der Waals surface area (Å²) in [6, 6.07) is 0.479. The van der Waals surface area contributed by atoms with Crippen molar-refractivity contribution < 1.29 is 9.37 Å². The molecule has 0 heterocycles. The van der Waals surface area contributed by atoms with Gasteiger partial charge in [0.05, 0.1) is 0 Å². The van der Waals surface area contributed by atoms with Crippen molar-refractivity contribution in [3.8, 4) is 0 Å². The van der Waals surface area contributed by atoms with Crippen molar-refractivity contribution in [2.45, 2.75) is 31.7 Å². The number of carbonyl (C=O) groups is 1. The molecular formula is C9H14NO+. The molecule has 0 aromatic heterocycles. The van der Waals surface area contributed by atoms with Crippen molar-refractivity contribution in [3.05, 3.63) is 0 Å². The predicted octanol–water partition coefficient (Wildman–Crippen LogP) is 1.04. The second-order valence-corrected chi connectivity index (χ2v) is 3.79. The number of rotatable bonds is 4. The van der Waals surface area contributed by atoms with Crippen LogP contribution in [-0.2, 0) is 4.79 Å². The summed E-state index contributed by atoms with van der Waals surface area (Å²) in [6.07, 6.45) is 6.10. The second kappa shape index (κ2) is 2.43. The van der Waals surface area contributed by atoms with Gasteiger partial charge in [-0.15, -0.1) is 0 Å². The topological polar surface area (TPSA) is 20.1 Å². The fourth-order valence-corrected chi connectivity index (χ4v) is 1.87. The molecule has 2 heteroatoms. The van der Waals surface area contributed by atoms with Crippen molar-refractivity contribution in [2.75, 3.05) is 0 Å². The van der Waals surface area contributed by atoms with Gasteiger partial charge in [-0.1, -0.05) is 0 Å². The molecule has 60 valence electrons. The van der Waals surface area contributed by atoms with E-state index in [0.29, 0.717) is 6.04 Å². The lowest BCUT2D eigenvalue weighted by Gasteiger charge is -2.07. The first-order valence-electron chi connectivity index (χ1n) is 4.37. The maximum absolute atomic E-state index is 10.5. The second-order valence-electron chi connectivity index (χ2n) is 3.79. The summed E-state index contributed by atoms with van der Waals surface area (Å²) in [6.45, 7) is 3.74. The highest BCUT2D eigenvalue weighted by Crippen LogP contribution is 2.45. The van der Waals surface area contributed by atoms with E-state index in [4.69, 9.17) is 0 Å². The molecule has 0 radical (unpaired) electrons. The van der Waals surface area contributed by atoms with Gasteiger partial charge >= 0.3 is 6.41 Å². The van der Waals surface area contributed by atoms with Crippen LogP contribution in [0.15, 0.2) is 0 Å². The monoisotopic (exact) mass is 152 g/mol. The first kappa shape index (κ1) is 7.01. The van der Waals surface area contributed by atoms with Crippen LogP contribution in [0.5, 0.6) is 0 Å². The molecule has 0 aromatic rings. The number of carbonyl (C=O) groups excluding carboxylic acids is 1. The van der Waals surface area contributed by atoms with Crippen LogP contribution in [0.3, 0.4) is 0 Å². The first-order chi connectivity index (χ1) is 5.33. The maximum atomic E-state index is 10.5. The third-order valence-electron chi connectivity index (χ3n) is 2.73. The van der Waals surface area contributed by atoms with Crippen LogP contribution < -0.4 is 0 Å². The fraction of sp³-hybridized carbons (Fsp3) is 0.778. The third kappa shape index (κ3) is 1.35. The number of hydrogen-bond acceptors (Lipinski definition) is 1. The van der Waals surface area contributed by atoms with E-state index in [1.807, 2.05) is 0 Å². The summed E-state index contributed by atoms with van der Waals surface area (Å²) in [5, 5.41) is 0. The molecule has 0 unspecified atom stereocenters. The molecule has 1 amide bonds. The van der Waals surface area contributed by atoms with Gasteiger partial charge < -0.3 is 0 Å². The molecule has 2 aliphatic carbocycles. The van der Waals surface area contributed by atoms with E-state index in [0.717, 1.165) is 18.2 Å². The SMILES string of the molecule is C=[N+](C=O)C(C1CC1)C1CC1. The van der Waals surface area contributed by atoms with Crippen molar-refractivity contribution in [1.29, 1.82) is 0 Å². The molecule has 2 fully saturated rings. The third-order valence-corrected chi connectivity index (χ3v) is 2.73. The van der Waals surface area contributed by atoms with Gasteiger partial charge in [-0.2, -0.15) is 4.58 Å². The van der Waals surface area contributed by atoms with E-state index in [9.17, 15) is 4.79 Å². The summed E-state index contributed by atoms with van der Waals surface area (Å²) in [7, 11) is 0. The highest BCUT2D eigenvalue weighted by Gasteiger charge is 2.47. The zero-order chi connectivity index (χ0) is 7.84. The lowest BCUT2D eigenvalue weighted by Crippen LogP contribution is -2.28. The summed E-state index contributed by atoms with van der Waals surface area (Å²) < 4.78 is 1.63. The van der Waals surface area contributed by atoms with E-state index >= 15 is 0 Å². The van der Waals surface area contributed by atoms with Crippen molar-refractivity contribution in [3.63, 3.8) is 0 Å². The Balaban J connectivity index is 2.01. The van der Waals surface area contributed by atoms with E-state index in [2.05, 4.69) is 6.72 Å². The van der Waals surface area contributed by atoms with Gasteiger partial charge in [0.1, 0.15) is 6.72 Å². The molecule has 0 N–H and O–H groups in total. The van der Waals surface area contributed by atoms with Crippen LogP contribution in [0.1, 0.15) is 25.7 Å². The van der Waals surface area contributed by atoms with E-state index in [1.165, 1.54) is 25.7 Å². The van der Waals surface area contributed by atoms with Gasteiger partial charge in [-0.3, -0.25) is 0 Å². The minimum Gasteiger partial charge on any atom is -0.223 e. The first-order valence-corrected chi connectivity index (χ1v) is 4.37. The van der Waals surface area contributed by atoms with Crippen LogP contribution in [0.4, 0.5) is 0 Å². The van der Waals surface area contributed by atoms with Crippen molar-refractivity contribution in [2.24, 2.45) is 11.8 Å². The lowest BCUT2D eigenvalue weighted by atomic mass is 10.1. The normalized spacial score (nSPS) is 23.7. The highest BCUT2D eigenvalue weighted by atomic mass is 16.1. The average Bonchev–Trinajstić information content (AvgIpc) is 2.81. The highest BCUT2D eigenvalue weighted by molar-refractivity contribution is 5.41. The largest absolute Gasteiger partial charge is 0.374 e. The zero-order valence-electron chi connectivity index (χ0n) is 6.70. The zero-order valence-corrected chi connectivity index (χ0v) is 6.70. The van der Waals surface area contributed by atoms with Gasteiger partial charge in [0.15, 0.2) is 6.04 Å². The Kier molecular flexibility index (Phi) is 1.55. The molecule has 2 rings (SSSR count). The minimum absolute atomic E-state index is 0.479. The molecule has 2 saturated carbocycles. The van der Waals surface area contributed by atoms with Gasteiger partial charge in [0.2, 0.25) is 0 Å². The van der Waals surface area contributed by atoms with Crippen molar-refractivity contribution >= 4 is 13.1 Å². The van der Waals surface area contributed by atoms with Gasteiger partial charge in [-0.05, 0) is 25.7 Å². The molecule has 0 spiro atoms. The average molecular weight is 152 g/mol. The van der Waals surface area contributed by atoms with Crippen LogP contribution in [0.25, 0.3) is 0 Å². The smallest absolute Gasteiger partial charge is 0.223 e. The fourth-order valence-electron chi connectivity index (χ4n) is 1.87. The van der Waals surface area contributed by atoms with Gasteiger partial charge in [0.25, 0.3) is 0 Å². The van der Waals surface area contributed by atoms with Crippen LogP contribution in [0.2, 0.25) is 0 Å². The van der Waals surface area contributed by atoms with E-state index < -0.39 is 0 Å². The molecule has 0 aliphatic heterocycles. The van der Waals surface area contributed by atoms with E-state index in [-0.39, 0.29) is 0 Å². The molecule has 0 bridgehead atoms. The molecule has 0 saturated heterocycles. The molecule has 2 aliphatic rings. The molecule has 0 aromatic carbocycles. The Morgan fingerprint density at radius 2 is 1.73 bits per heavy atom. The Hall–Kier alpha value is -0.660. The summed E-state index contributed by atoms with van der Waals surface area (Å²) >= 11 is 0. The van der Waals surface area contributed by atoms with Crippen LogP contribution in [-0.4, -0.2) is 23.7 Å². The minimum atomic E-state index is 0.479. The maximum Gasteiger partial charge on any atom is 0.374 e. The lowest BCUT2D eigenvalue weighted by molar-refractivity contribution is -0.476. The van der Waals surface area contributed by atoms with Crippen LogP contribution in [0, 0.1) is 11.8 Å². The van der Waals surface area contributed by atoms with Gasteiger partial charge in [0, 0.05) is 11.8 Å². The quantitative estimate of drug-likeness (QED) is 0.335. The Bertz CT molecular complexity index is 180. The van der Waals surface area contributed by atoms with Crippen LogP contribution >= 0.6 is 0 Å². The van der Waals surface area contributed by atoms with Crippen molar-refractivity contribution in [1.82, 2.24) is 0 Å². The van der Waals surface area contributed by atoms with E-state index in [1.54, 1.807) is 4.58 Å². The number of nitrogens with zero attached hydrogens (tertiary/aromatic N) is 1. The number of hydrogen-bond donors (Lipinski definition) is 0. The van der Waals surface area contributed by atoms with Gasteiger partial charge in [-0.25, -0.2) is 4.79 Å². The summed E-state index contributed by atoms with van der Waals surface area (Å²) in [5.41, 5.74) is 0. The Labute approximate surface area is 66.9 Å². The molecular weight excluding hydrogens is 138 g/mol. The Morgan fingerprint density at radius 1 is 1.27 bits per heavy atom. The Morgan fingerprint density at radius 3 is 2.00 bits per heavy atom. The predicted molar refractivity (Wildman–Crippen MR) is 42.7 cm³/mol. The molecule has 0 atom stereocenters. The standard InChI is InChI=1S/C9H14NO/c1-10(6-11)9(7-2-3-7)8-4-5-8/h6-9H,1-5H2/q+1. The molecule has 11 heavy (non-hydrogen) atoms. The summed E-state index contributed by atoms with van der Waals surface area (Å²) in [4.78, 5) is 10.5. The summed E-state index contributed by atoms with van der Waals surface area (Å²) in [5.74, 6) is 1.57.